The van der Waals surface area contributed by atoms with Gasteiger partial charge in [0, 0.05) is 28.5 Å². The van der Waals surface area contributed by atoms with E-state index < -0.39 is 17.1 Å². The SMILES string of the molecule is CCCN1c2ccc(/C=C3/SC(=O)N(CC(=O)Nc4ccc(Cl)cc4)C3=O)cc2C(C)=CC1(C)C. The highest BCUT2D eigenvalue weighted by Crippen LogP contribution is 2.40. The number of fused-ring (bicyclic) bond motifs is 1. The minimum atomic E-state index is -0.468. The monoisotopic (exact) mass is 509 g/mol. The Morgan fingerprint density at radius 3 is 2.54 bits per heavy atom. The van der Waals surface area contributed by atoms with Gasteiger partial charge in [0.25, 0.3) is 11.1 Å². The minimum absolute atomic E-state index is 0.0795. The number of carbonyl (C=O) groups excluding carboxylic acids is 3. The second-order valence-corrected chi connectivity index (χ2v) is 10.7. The molecular weight excluding hydrogens is 482 g/mol. The van der Waals surface area contributed by atoms with Crippen LogP contribution in [0.25, 0.3) is 11.6 Å². The van der Waals surface area contributed by atoms with Gasteiger partial charge in [0.1, 0.15) is 6.54 Å². The molecule has 1 fully saturated rings. The van der Waals surface area contributed by atoms with Crippen LogP contribution in [0.4, 0.5) is 16.2 Å². The zero-order chi connectivity index (χ0) is 25.3. The van der Waals surface area contributed by atoms with Crippen LogP contribution in [0.2, 0.25) is 5.02 Å². The van der Waals surface area contributed by atoms with Crippen molar-refractivity contribution in [2.75, 3.05) is 23.3 Å². The molecule has 0 aromatic heterocycles. The average molecular weight is 510 g/mol. The first-order valence-electron chi connectivity index (χ1n) is 11.5. The van der Waals surface area contributed by atoms with E-state index >= 15 is 0 Å². The van der Waals surface area contributed by atoms with Gasteiger partial charge in [0.15, 0.2) is 0 Å². The van der Waals surface area contributed by atoms with Crippen molar-refractivity contribution in [1.82, 2.24) is 4.90 Å². The van der Waals surface area contributed by atoms with Crippen LogP contribution in [0, 0.1) is 0 Å². The molecule has 0 atom stereocenters. The average Bonchev–Trinajstić information content (AvgIpc) is 3.05. The van der Waals surface area contributed by atoms with E-state index in [1.807, 2.05) is 6.07 Å². The van der Waals surface area contributed by atoms with Crippen LogP contribution in [0.15, 0.2) is 53.4 Å². The largest absolute Gasteiger partial charge is 0.362 e. The van der Waals surface area contributed by atoms with E-state index in [2.05, 4.69) is 56.1 Å². The molecule has 2 heterocycles. The van der Waals surface area contributed by atoms with Gasteiger partial charge in [-0.1, -0.05) is 30.7 Å². The molecule has 6 nitrogen and oxygen atoms in total. The summed E-state index contributed by atoms with van der Waals surface area (Å²) in [5.41, 5.74) is 4.77. The lowest BCUT2D eigenvalue weighted by Crippen LogP contribution is -2.45. The highest BCUT2D eigenvalue weighted by molar-refractivity contribution is 8.18. The first kappa shape index (κ1) is 25.1. The maximum absolute atomic E-state index is 12.9. The van der Waals surface area contributed by atoms with Crippen LogP contribution in [0.5, 0.6) is 0 Å². The zero-order valence-corrected chi connectivity index (χ0v) is 21.8. The van der Waals surface area contributed by atoms with Gasteiger partial charge in [0.05, 0.1) is 10.4 Å². The summed E-state index contributed by atoms with van der Waals surface area (Å²) in [4.78, 5) is 41.5. The van der Waals surface area contributed by atoms with E-state index in [0.717, 1.165) is 40.8 Å². The highest BCUT2D eigenvalue weighted by Gasteiger charge is 2.36. The molecule has 0 radical (unpaired) electrons. The van der Waals surface area contributed by atoms with Gasteiger partial charge >= 0.3 is 0 Å². The smallest absolute Gasteiger partial charge is 0.294 e. The number of nitrogens with one attached hydrogen (secondary N) is 1. The van der Waals surface area contributed by atoms with Crippen LogP contribution in [-0.4, -0.2) is 40.6 Å². The van der Waals surface area contributed by atoms with Crippen molar-refractivity contribution in [3.8, 4) is 0 Å². The Kier molecular flexibility index (Phi) is 7.10. The Balaban J connectivity index is 1.52. The number of amides is 3. The number of hydrogen-bond acceptors (Lipinski definition) is 5. The fourth-order valence-electron chi connectivity index (χ4n) is 4.49. The lowest BCUT2D eigenvalue weighted by molar-refractivity contribution is -0.127. The summed E-state index contributed by atoms with van der Waals surface area (Å²) >= 11 is 6.71. The summed E-state index contributed by atoms with van der Waals surface area (Å²) in [6.45, 7) is 9.28. The summed E-state index contributed by atoms with van der Waals surface area (Å²) in [7, 11) is 0. The molecule has 8 heteroatoms. The second kappa shape index (κ2) is 9.91. The van der Waals surface area contributed by atoms with E-state index in [1.54, 1.807) is 30.3 Å². The summed E-state index contributed by atoms with van der Waals surface area (Å²) < 4.78 is 0. The summed E-state index contributed by atoms with van der Waals surface area (Å²) in [6, 6.07) is 12.7. The van der Waals surface area contributed by atoms with E-state index in [-0.39, 0.29) is 12.1 Å². The molecular formula is C27H28ClN3O3S. The van der Waals surface area contributed by atoms with Crippen molar-refractivity contribution in [1.29, 1.82) is 0 Å². The van der Waals surface area contributed by atoms with E-state index in [0.29, 0.717) is 15.6 Å². The van der Waals surface area contributed by atoms with E-state index in [9.17, 15) is 14.4 Å². The summed E-state index contributed by atoms with van der Waals surface area (Å²) in [6.07, 6.45) is 5.03. The van der Waals surface area contributed by atoms with Gasteiger partial charge in [-0.25, -0.2) is 0 Å². The number of thioether (sulfide) groups is 1. The molecule has 182 valence electrons. The van der Waals surface area contributed by atoms with Crippen molar-refractivity contribution < 1.29 is 14.4 Å². The molecule has 2 aromatic rings. The zero-order valence-electron chi connectivity index (χ0n) is 20.2. The Labute approximate surface area is 215 Å². The van der Waals surface area contributed by atoms with Crippen LogP contribution < -0.4 is 10.2 Å². The van der Waals surface area contributed by atoms with Crippen molar-refractivity contribution >= 4 is 63.4 Å². The van der Waals surface area contributed by atoms with Gasteiger partial charge in [-0.15, -0.1) is 0 Å². The number of rotatable bonds is 6. The predicted molar refractivity (Wildman–Crippen MR) is 145 cm³/mol. The Morgan fingerprint density at radius 2 is 1.86 bits per heavy atom. The first-order chi connectivity index (χ1) is 16.6. The molecule has 1 saturated heterocycles. The van der Waals surface area contributed by atoms with E-state index in [1.165, 1.54) is 11.3 Å². The molecule has 2 aliphatic rings. The number of hydrogen-bond donors (Lipinski definition) is 1. The normalized spacial score (nSPS) is 18.1. The van der Waals surface area contributed by atoms with Gasteiger partial charge in [-0.2, -0.15) is 0 Å². The molecule has 0 aliphatic carbocycles. The van der Waals surface area contributed by atoms with Gasteiger partial charge < -0.3 is 10.2 Å². The van der Waals surface area contributed by atoms with Gasteiger partial charge in [-0.05, 0) is 92.6 Å². The molecule has 2 aliphatic heterocycles. The third kappa shape index (κ3) is 5.31. The molecule has 0 spiro atoms. The molecule has 0 bridgehead atoms. The third-order valence-corrected chi connectivity index (χ3v) is 7.21. The third-order valence-electron chi connectivity index (χ3n) is 6.05. The number of benzene rings is 2. The number of carbonyl (C=O) groups is 3. The lowest BCUT2D eigenvalue weighted by atomic mass is 9.88. The lowest BCUT2D eigenvalue weighted by Gasteiger charge is -2.43. The van der Waals surface area contributed by atoms with Crippen molar-refractivity contribution in [3.05, 3.63) is 69.6 Å². The van der Waals surface area contributed by atoms with Crippen molar-refractivity contribution in [2.45, 2.75) is 39.7 Å². The number of imide groups is 1. The molecule has 4 rings (SSSR count). The molecule has 0 unspecified atom stereocenters. The highest BCUT2D eigenvalue weighted by atomic mass is 35.5. The Bertz CT molecular complexity index is 1250. The Hall–Kier alpha value is -3.03. The second-order valence-electron chi connectivity index (χ2n) is 9.23. The standard InChI is InChI=1S/C27H28ClN3O3S/c1-5-12-31-22-11-6-18(13-21(22)17(2)15-27(31,3)4)14-23-25(33)30(26(34)35-23)16-24(32)29-20-9-7-19(28)8-10-20/h6-11,13-15H,5,12,16H2,1-4H3,(H,29,32)/b23-14+. The number of nitrogens with zero attached hydrogens (tertiary/aromatic N) is 2. The van der Waals surface area contributed by atoms with Crippen molar-refractivity contribution in [2.24, 2.45) is 0 Å². The quantitative estimate of drug-likeness (QED) is 0.454. The summed E-state index contributed by atoms with van der Waals surface area (Å²) in [5, 5.41) is 2.77. The predicted octanol–water partition coefficient (Wildman–Crippen LogP) is 6.43. The summed E-state index contributed by atoms with van der Waals surface area (Å²) in [5.74, 6) is -0.922. The minimum Gasteiger partial charge on any atom is -0.362 e. The van der Waals surface area contributed by atoms with Crippen LogP contribution in [0.1, 0.15) is 45.2 Å². The maximum atomic E-state index is 12.9. The Morgan fingerprint density at radius 1 is 1.14 bits per heavy atom. The molecule has 1 N–H and O–H groups in total. The van der Waals surface area contributed by atoms with E-state index in [4.69, 9.17) is 11.6 Å². The molecule has 3 amide bonds. The van der Waals surface area contributed by atoms with Crippen LogP contribution in [0.3, 0.4) is 0 Å². The van der Waals surface area contributed by atoms with Gasteiger partial charge in [0.2, 0.25) is 5.91 Å². The molecule has 35 heavy (non-hydrogen) atoms. The number of anilines is 2. The fourth-order valence-corrected chi connectivity index (χ4v) is 5.45. The first-order valence-corrected chi connectivity index (χ1v) is 12.7. The molecule has 0 saturated carbocycles. The van der Waals surface area contributed by atoms with Crippen LogP contribution >= 0.6 is 23.4 Å². The fraction of sp³-hybridized carbons (Fsp3) is 0.296. The van der Waals surface area contributed by atoms with Crippen molar-refractivity contribution in [3.63, 3.8) is 0 Å². The van der Waals surface area contributed by atoms with Gasteiger partial charge in [-0.3, -0.25) is 19.3 Å². The maximum Gasteiger partial charge on any atom is 0.294 e. The number of allylic oxidation sites excluding steroid dienone is 1. The van der Waals surface area contributed by atoms with Crippen LogP contribution in [-0.2, 0) is 9.59 Å². The molecule has 2 aromatic carbocycles. The number of halogens is 1. The topological polar surface area (TPSA) is 69.7 Å².